The lowest BCUT2D eigenvalue weighted by molar-refractivity contribution is -0.383. The number of anilines is 2. The second-order valence-electron chi connectivity index (χ2n) is 6.39. The maximum absolute atomic E-state index is 12.2. The second kappa shape index (κ2) is 7.51. The summed E-state index contributed by atoms with van der Waals surface area (Å²) in [4.78, 5) is 28.7. The second-order valence-corrected chi connectivity index (χ2v) is 6.39. The van der Waals surface area contributed by atoms with Crippen molar-refractivity contribution in [3.8, 4) is 5.75 Å². The summed E-state index contributed by atoms with van der Waals surface area (Å²) in [5.41, 5.74) is 1.62. The molecule has 28 heavy (non-hydrogen) atoms. The highest BCUT2D eigenvalue weighted by atomic mass is 16.6. The normalized spacial score (nSPS) is 13.1. The fourth-order valence-electron chi connectivity index (χ4n) is 3.35. The Labute approximate surface area is 160 Å². The predicted molar refractivity (Wildman–Crippen MR) is 106 cm³/mol. The maximum Gasteiger partial charge on any atom is 0.278 e. The molecule has 1 aromatic heterocycles. The Kier molecular flexibility index (Phi) is 4.76. The fourth-order valence-corrected chi connectivity index (χ4v) is 3.35. The van der Waals surface area contributed by atoms with Crippen molar-refractivity contribution in [1.82, 2.24) is 4.98 Å². The number of ether oxygens (including phenoxy) is 1. The molecule has 0 saturated carbocycles. The third kappa shape index (κ3) is 3.32. The number of fused-ring (bicyclic) bond motifs is 2. The molecule has 0 bridgehead atoms. The Hall–Kier alpha value is -3.68. The van der Waals surface area contributed by atoms with E-state index in [4.69, 9.17) is 4.74 Å². The Balaban J connectivity index is 1.45. The van der Waals surface area contributed by atoms with E-state index in [1.165, 1.54) is 12.3 Å². The van der Waals surface area contributed by atoms with Gasteiger partial charge in [0, 0.05) is 42.6 Å². The monoisotopic (exact) mass is 378 g/mol. The van der Waals surface area contributed by atoms with Crippen molar-refractivity contribution in [2.75, 3.05) is 29.9 Å². The van der Waals surface area contributed by atoms with Crippen molar-refractivity contribution < 1.29 is 14.5 Å². The largest absolute Gasteiger partial charge is 0.482 e. The number of nitro benzene ring substituents is 1. The minimum absolute atomic E-state index is 0.0316. The van der Waals surface area contributed by atoms with Gasteiger partial charge in [0.1, 0.15) is 5.75 Å². The zero-order valence-corrected chi connectivity index (χ0v) is 15.0. The molecular weight excluding hydrogens is 360 g/mol. The molecule has 0 atom stereocenters. The number of nitrogens with zero attached hydrogens (tertiary/aromatic N) is 3. The Morgan fingerprint density at radius 3 is 2.89 bits per heavy atom. The van der Waals surface area contributed by atoms with Crippen LogP contribution in [0, 0.1) is 10.1 Å². The third-order valence-electron chi connectivity index (χ3n) is 4.67. The summed E-state index contributed by atoms with van der Waals surface area (Å²) >= 11 is 0. The van der Waals surface area contributed by atoms with E-state index in [0.717, 1.165) is 16.8 Å². The summed E-state index contributed by atoms with van der Waals surface area (Å²) in [6, 6.07) is 12.4. The Bertz CT molecular complexity index is 1050. The highest BCUT2D eigenvalue weighted by molar-refractivity contribution is 5.99. The van der Waals surface area contributed by atoms with Gasteiger partial charge in [0.2, 0.25) is 0 Å². The minimum atomic E-state index is -0.407. The molecule has 142 valence electrons. The molecule has 2 heterocycles. The summed E-state index contributed by atoms with van der Waals surface area (Å²) < 4.78 is 5.45. The van der Waals surface area contributed by atoms with Gasteiger partial charge in [-0.1, -0.05) is 12.1 Å². The zero-order chi connectivity index (χ0) is 19.5. The molecule has 1 aliphatic heterocycles. The summed E-state index contributed by atoms with van der Waals surface area (Å²) in [6.07, 6.45) is 3.83. The number of nitrogens with one attached hydrogen (secondary N) is 1. The average molecular weight is 378 g/mol. The molecular formula is C20H18N4O4. The molecule has 1 N–H and O–H groups in total. The maximum atomic E-state index is 12.2. The van der Waals surface area contributed by atoms with E-state index in [1.54, 1.807) is 23.2 Å². The SMILES string of the molecule is O=C1COc2ccccc2N1CCCNc1ccc([N+](=O)[O-])c2cnccc12. The molecule has 4 rings (SSSR count). The summed E-state index contributed by atoms with van der Waals surface area (Å²) in [6.45, 7) is 1.21. The molecule has 3 aromatic rings. The minimum Gasteiger partial charge on any atom is -0.482 e. The van der Waals surface area contributed by atoms with Crippen LogP contribution in [0.25, 0.3) is 10.8 Å². The number of pyridine rings is 1. The lowest BCUT2D eigenvalue weighted by Crippen LogP contribution is -2.39. The van der Waals surface area contributed by atoms with Crippen LogP contribution in [-0.4, -0.2) is 35.5 Å². The molecule has 0 radical (unpaired) electrons. The number of carbonyl (C=O) groups is 1. The van der Waals surface area contributed by atoms with E-state index in [1.807, 2.05) is 24.3 Å². The molecule has 1 aliphatic rings. The van der Waals surface area contributed by atoms with Crippen LogP contribution in [0.1, 0.15) is 6.42 Å². The van der Waals surface area contributed by atoms with Crippen LogP contribution in [0.15, 0.2) is 54.9 Å². The van der Waals surface area contributed by atoms with E-state index in [2.05, 4.69) is 10.3 Å². The highest BCUT2D eigenvalue weighted by Crippen LogP contribution is 2.32. The first-order valence-corrected chi connectivity index (χ1v) is 8.92. The van der Waals surface area contributed by atoms with Gasteiger partial charge >= 0.3 is 0 Å². The van der Waals surface area contributed by atoms with Crippen LogP contribution in [0.3, 0.4) is 0 Å². The number of carbonyl (C=O) groups excluding carboxylic acids is 1. The quantitative estimate of drug-likeness (QED) is 0.401. The van der Waals surface area contributed by atoms with Gasteiger partial charge in [-0.05, 0) is 30.7 Å². The lowest BCUT2D eigenvalue weighted by Gasteiger charge is -2.29. The topological polar surface area (TPSA) is 97.6 Å². The van der Waals surface area contributed by atoms with Crippen molar-refractivity contribution in [2.24, 2.45) is 0 Å². The zero-order valence-electron chi connectivity index (χ0n) is 15.0. The first-order valence-electron chi connectivity index (χ1n) is 8.92. The number of nitro groups is 1. The number of benzene rings is 2. The van der Waals surface area contributed by atoms with Crippen LogP contribution < -0.4 is 15.0 Å². The average Bonchev–Trinajstić information content (AvgIpc) is 2.72. The summed E-state index contributed by atoms with van der Waals surface area (Å²) in [7, 11) is 0. The molecule has 8 heteroatoms. The van der Waals surface area contributed by atoms with E-state index in [-0.39, 0.29) is 18.2 Å². The molecule has 8 nitrogen and oxygen atoms in total. The van der Waals surface area contributed by atoms with Gasteiger partial charge in [-0.2, -0.15) is 0 Å². The molecule has 0 unspecified atom stereocenters. The van der Waals surface area contributed by atoms with Gasteiger partial charge in [-0.3, -0.25) is 19.9 Å². The van der Waals surface area contributed by atoms with Crippen LogP contribution in [0.4, 0.5) is 17.1 Å². The summed E-state index contributed by atoms with van der Waals surface area (Å²) in [5.74, 6) is 0.648. The smallest absolute Gasteiger partial charge is 0.278 e. The molecule has 0 fully saturated rings. The standard InChI is InChI=1S/C20H18N4O4/c25-20-13-28-19-5-2-1-4-18(19)23(20)11-3-9-22-16-6-7-17(24(26)27)15-12-21-10-8-14(15)16/h1-2,4-8,10,12,22H,3,9,11,13H2. The Morgan fingerprint density at radius 1 is 1.18 bits per heavy atom. The van der Waals surface area contributed by atoms with Gasteiger partial charge in [0.15, 0.2) is 6.61 Å². The van der Waals surface area contributed by atoms with Crippen LogP contribution in [0.2, 0.25) is 0 Å². The first kappa shape index (κ1) is 17.7. The number of para-hydroxylation sites is 2. The number of rotatable bonds is 6. The van der Waals surface area contributed by atoms with E-state index in [0.29, 0.717) is 30.6 Å². The molecule has 0 spiro atoms. The van der Waals surface area contributed by atoms with Gasteiger partial charge in [-0.15, -0.1) is 0 Å². The van der Waals surface area contributed by atoms with Crippen LogP contribution in [-0.2, 0) is 4.79 Å². The van der Waals surface area contributed by atoms with Gasteiger partial charge in [0.25, 0.3) is 11.6 Å². The highest BCUT2D eigenvalue weighted by Gasteiger charge is 2.24. The Morgan fingerprint density at radius 2 is 2.04 bits per heavy atom. The van der Waals surface area contributed by atoms with Gasteiger partial charge in [-0.25, -0.2) is 0 Å². The number of aromatic nitrogens is 1. The number of non-ortho nitro benzene ring substituents is 1. The van der Waals surface area contributed by atoms with Crippen LogP contribution in [0.5, 0.6) is 5.75 Å². The molecule has 2 aromatic carbocycles. The number of hydrogen-bond donors (Lipinski definition) is 1. The lowest BCUT2D eigenvalue weighted by atomic mass is 10.1. The number of hydrogen-bond acceptors (Lipinski definition) is 6. The van der Waals surface area contributed by atoms with Crippen molar-refractivity contribution in [3.63, 3.8) is 0 Å². The van der Waals surface area contributed by atoms with Gasteiger partial charge < -0.3 is 15.0 Å². The first-order chi connectivity index (χ1) is 13.6. The van der Waals surface area contributed by atoms with Crippen molar-refractivity contribution in [3.05, 3.63) is 65.0 Å². The molecule has 1 amide bonds. The van der Waals surface area contributed by atoms with E-state index >= 15 is 0 Å². The van der Waals surface area contributed by atoms with Crippen molar-refractivity contribution in [2.45, 2.75) is 6.42 Å². The van der Waals surface area contributed by atoms with E-state index < -0.39 is 4.92 Å². The van der Waals surface area contributed by atoms with E-state index in [9.17, 15) is 14.9 Å². The molecule has 0 saturated heterocycles. The number of amides is 1. The van der Waals surface area contributed by atoms with Crippen LogP contribution >= 0.6 is 0 Å². The molecule has 0 aliphatic carbocycles. The predicted octanol–water partition coefficient (Wildman–Crippen LogP) is 3.37. The fraction of sp³-hybridized carbons (Fsp3) is 0.200. The van der Waals surface area contributed by atoms with Crippen molar-refractivity contribution in [1.29, 1.82) is 0 Å². The van der Waals surface area contributed by atoms with Crippen molar-refractivity contribution >= 4 is 33.7 Å². The summed E-state index contributed by atoms with van der Waals surface area (Å²) in [5, 5.41) is 15.8. The van der Waals surface area contributed by atoms with Gasteiger partial charge in [0.05, 0.1) is 16.0 Å². The third-order valence-corrected chi connectivity index (χ3v) is 4.67.